The minimum absolute atomic E-state index is 0.385. The summed E-state index contributed by atoms with van der Waals surface area (Å²) >= 11 is 0. The molecule has 0 saturated heterocycles. The molecule has 0 aliphatic heterocycles. The van der Waals surface area contributed by atoms with Gasteiger partial charge in [0.1, 0.15) is 29.3 Å². The van der Waals surface area contributed by atoms with Crippen LogP contribution >= 0.6 is 0 Å². The number of imidazole rings is 1. The standard InChI is InChI=1S/C29H36N4O4/c1-29(2,3)37-28(34)30-15-8-9-16-33-26(14-17-35-4)32-25-19-31-24-18-22(12-13-23(24)27(25)33)36-20-21-10-6-5-7-11-21/h5-7,10-13,18-19H,8-9,14-17,20H2,1-4H3,(H,30,34). The molecule has 0 fully saturated rings. The fraction of sp³-hybridized carbons (Fsp3) is 0.414. The number of hydrogen-bond donors (Lipinski definition) is 1. The van der Waals surface area contributed by atoms with Crippen molar-refractivity contribution in [3.8, 4) is 5.75 Å². The summed E-state index contributed by atoms with van der Waals surface area (Å²) < 4.78 is 18.9. The van der Waals surface area contributed by atoms with Crippen molar-refractivity contribution in [3.63, 3.8) is 0 Å². The highest BCUT2D eigenvalue weighted by atomic mass is 16.6. The fourth-order valence-corrected chi connectivity index (χ4v) is 4.20. The maximum absolute atomic E-state index is 11.9. The van der Waals surface area contributed by atoms with Gasteiger partial charge in [-0.15, -0.1) is 0 Å². The number of unbranched alkanes of at least 4 members (excludes halogenated alkanes) is 1. The van der Waals surface area contributed by atoms with Gasteiger partial charge in [0.15, 0.2) is 0 Å². The Morgan fingerprint density at radius 2 is 1.86 bits per heavy atom. The molecule has 0 radical (unpaired) electrons. The third kappa shape index (κ3) is 7.20. The van der Waals surface area contributed by atoms with E-state index in [2.05, 4.69) is 20.9 Å². The van der Waals surface area contributed by atoms with Crippen molar-refractivity contribution in [2.75, 3.05) is 20.3 Å². The molecule has 0 saturated carbocycles. The Bertz CT molecular complexity index is 1330. The number of hydrogen-bond acceptors (Lipinski definition) is 6. The number of ether oxygens (including phenoxy) is 3. The molecule has 4 rings (SSSR count). The third-order valence-corrected chi connectivity index (χ3v) is 5.88. The van der Waals surface area contributed by atoms with Crippen molar-refractivity contribution >= 4 is 28.0 Å². The van der Waals surface area contributed by atoms with Gasteiger partial charge in [0.05, 0.1) is 23.8 Å². The van der Waals surface area contributed by atoms with Crippen LogP contribution in [0.5, 0.6) is 5.75 Å². The van der Waals surface area contributed by atoms with Crippen LogP contribution in [0.4, 0.5) is 4.79 Å². The summed E-state index contributed by atoms with van der Waals surface area (Å²) in [6.07, 6.45) is 3.85. The van der Waals surface area contributed by atoms with Gasteiger partial charge < -0.3 is 24.1 Å². The van der Waals surface area contributed by atoms with E-state index in [-0.39, 0.29) is 6.09 Å². The molecule has 8 nitrogen and oxygen atoms in total. The Balaban J connectivity index is 1.50. The van der Waals surface area contributed by atoms with Gasteiger partial charge in [0.2, 0.25) is 0 Å². The zero-order chi connectivity index (χ0) is 26.3. The first kappa shape index (κ1) is 26.4. The number of carbonyl (C=O) groups excluding carboxylic acids is 1. The number of rotatable bonds is 11. The average molecular weight is 505 g/mol. The maximum Gasteiger partial charge on any atom is 0.407 e. The van der Waals surface area contributed by atoms with E-state index in [1.807, 2.05) is 69.4 Å². The van der Waals surface area contributed by atoms with Crippen LogP contribution in [0.3, 0.4) is 0 Å². The second-order valence-corrected chi connectivity index (χ2v) is 10.0. The average Bonchev–Trinajstić information content (AvgIpc) is 3.23. The predicted octanol–water partition coefficient (Wildman–Crippen LogP) is 5.66. The Morgan fingerprint density at radius 1 is 1.05 bits per heavy atom. The number of pyridine rings is 1. The summed E-state index contributed by atoms with van der Waals surface area (Å²) in [5.74, 6) is 1.75. The molecule has 2 heterocycles. The van der Waals surface area contributed by atoms with Crippen molar-refractivity contribution in [1.29, 1.82) is 0 Å². The monoisotopic (exact) mass is 504 g/mol. The first-order valence-corrected chi connectivity index (χ1v) is 12.7. The Hall–Kier alpha value is -3.65. The number of aryl methyl sites for hydroxylation is 1. The zero-order valence-corrected chi connectivity index (χ0v) is 22.1. The second kappa shape index (κ2) is 12.1. The summed E-state index contributed by atoms with van der Waals surface area (Å²) in [5, 5.41) is 3.87. The SMILES string of the molecule is COCCc1nc2cnc3cc(OCc4ccccc4)ccc3c2n1CCCCNC(=O)OC(C)(C)C. The molecule has 0 spiro atoms. The van der Waals surface area contributed by atoms with Crippen LogP contribution in [0.2, 0.25) is 0 Å². The van der Waals surface area contributed by atoms with Crippen LogP contribution in [0.25, 0.3) is 21.9 Å². The molecule has 2 aromatic heterocycles. The molecule has 0 unspecified atom stereocenters. The van der Waals surface area contributed by atoms with E-state index in [0.29, 0.717) is 26.2 Å². The van der Waals surface area contributed by atoms with Crippen LogP contribution in [0, 0.1) is 0 Å². The fourth-order valence-electron chi connectivity index (χ4n) is 4.20. The molecule has 0 atom stereocenters. The van der Waals surface area contributed by atoms with Crippen molar-refractivity contribution in [2.45, 2.75) is 58.8 Å². The number of amides is 1. The zero-order valence-electron chi connectivity index (χ0n) is 22.1. The predicted molar refractivity (Wildman–Crippen MR) is 145 cm³/mol. The molecule has 4 aromatic rings. The highest BCUT2D eigenvalue weighted by molar-refractivity contribution is 6.02. The number of nitrogens with zero attached hydrogens (tertiary/aromatic N) is 3. The van der Waals surface area contributed by atoms with Gasteiger partial charge >= 0.3 is 6.09 Å². The summed E-state index contributed by atoms with van der Waals surface area (Å²) in [6.45, 7) is 8.00. The lowest BCUT2D eigenvalue weighted by Crippen LogP contribution is -2.33. The first-order valence-electron chi connectivity index (χ1n) is 12.7. The molecule has 0 bridgehead atoms. The van der Waals surface area contributed by atoms with Gasteiger partial charge in [-0.25, -0.2) is 9.78 Å². The van der Waals surface area contributed by atoms with Gasteiger partial charge in [-0.3, -0.25) is 4.98 Å². The minimum Gasteiger partial charge on any atom is -0.489 e. The molecule has 0 aliphatic carbocycles. The first-order chi connectivity index (χ1) is 17.8. The van der Waals surface area contributed by atoms with Crippen LogP contribution in [-0.2, 0) is 29.0 Å². The molecule has 196 valence electrons. The Kier molecular flexibility index (Phi) is 8.61. The van der Waals surface area contributed by atoms with E-state index >= 15 is 0 Å². The Labute approximate surface area is 218 Å². The van der Waals surface area contributed by atoms with E-state index in [9.17, 15) is 4.79 Å². The second-order valence-electron chi connectivity index (χ2n) is 10.0. The molecule has 8 heteroatoms. The van der Waals surface area contributed by atoms with E-state index in [4.69, 9.17) is 19.2 Å². The minimum atomic E-state index is -0.502. The molecule has 37 heavy (non-hydrogen) atoms. The van der Waals surface area contributed by atoms with Gasteiger partial charge in [-0.05, 0) is 51.3 Å². The van der Waals surface area contributed by atoms with Crippen LogP contribution < -0.4 is 10.1 Å². The van der Waals surface area contributed by atoms with Gasteiger partial charge in [-0.2, -0.15) is 0 Å². The topological polar surface area (TPSA) is 87.5 Å². The highest BCUT2D eigenvalue weighted by Gasteiger charge is 2.17. The summed E-state index contributed by atoms with van der Waals surface area (Å²) in [7, 11) is 1.70. The van der Waals surface area contributed by atoms with Gasteiger partial charge in [0, 0.05) is 38.1 Å². The van der Waals surface area contributed by atoms with Crippen LogP contribution in [0.15, 0.2) is 54.7 Å². The van der Waals surface area contributed by atoms with Crippen molar-refractivity contribution in [1.82, 2.24) is 19.9 Å². The molecule has 1 N–H and O–H groups in total. The number of carbonyl (C=O) groups is 1. The molecular weight excluding hydrogens is 468 g/mol. The number of alkyl carbamates (subject to hydrolysis) is 1. The number of benzene rings is 2. The van der Waals surface area contributed by atoms with E-state index in [1.165, 1.54) is 0 Å². The summed E-state index contributed by atoms with van der Waals surface area (Å²) in [6, 6.07) is 16.1. The van der Waals surface area contributed by atoms with Crippen LogP contribution in [0.1, 0.15) is 45.0 Å². The lowest BCUT2D eigenvalue weighted by molar-refractivity contribution is 0.0527. The number of methoxy groups -OCH3 is 1. The lowest BCUT2D eigenvalue weighted by Gasteiger charge is -2.19. The normalized spacial score (nSPS) is 11.7. The molecule has 0 aliphatic rings. The van der Waals surface area contributed by atoms with Crippen LogP contribution in [-0.4, -0.2) is 46.5 Å². The molecular formula is C29H36N4O4. The quantitative estimate of drug-likeness (QED) is 0.265. The summed E-state index contributed by atoms with van der Waals surface area (Å²) in [5.41, 5.74) is 3.41. The highest BCUT2D eigenvalue weighted by Crippen LogP contribution is 2.28. The largest absolute Gasteiger partial charge is 0.489 e. The van der Waals surface area contributed by atoms with Crippen molar-refractivity contribution in [2.24, 2.45) is 0 Å². The van der Waals surface area contributed by atoms with Gasteiger partial charge in [-0.1, -0.05) is 30.3 Å². The molecule has 2 aromatic carbocycles. The van der Waals surface area contributed by atoms with Gasteiger partial charge in [0.25, 0.3) is 0 Å². The number of nitrogens with one attached hydrogen (secondary N) is 1. The Morgan fingerprint density at radius 3 is 2.62 bits per heavy atom. The number of aromatic nitrogens is 3. The lowest BCUT2D eigenvalue weighted by atomic mass is 10.1. The van der Waals surface area contributed by atoms with Crippen molar-refractivity contribution in [3.05, 3.63) is 66.1 Å². The maximum atomic E-state index is 11.9. The smallest absolute Gasteiger partial charge is 0.407 e. The van der Waals surface area contributed by atoms with E-state index < -0.39 is 5.60 Å². The van der Waals surface area contributed by atoms with E-state index in [0.717, 1.165) is 58.5 Å². The number of fused-ring (bicyclic) bond motifs is 3. The van der Waals surface area contributed by atoms with Crippen molar-refractivity contribution < 1.29 is 19.0 Å². The molecule has 1 amide bonds. The summed E-state index contributed by atoms with van der Waals surface area (Å²) in [4.78, 5) is 21.5. The van der Waals surface area contributed by atoms with E-state index in [1.54, 1.807) is 7.11 Å². The third-order valence-electron chi connectivity index (χ3n) is 5.88.